The van der Waals surface area contributed by atoms with Gasteiger partial charge in [-0.1, -0.05) is 0 Å². The Morgan fingerprint density at radius 3 is 2.69 bits per heavy atom. The Bertz CT molecular complexity index is 519. The van der Waals surface area contributed by atoms with Crippen LogP contribution in [-0.4, -0.2) is 38.0 Å². The molecule has 0 bridgehead atoms. The van der Waals surface area contributed by atoms with Gasteiger partial charge in [-0.25, -0.2) is 8.42 Å². The molecule has 84 valence electrons. The van der Waals surface area contributed by atoms with Crippen LogP contribution < -0.4 is 4.90 Å². The Hall–Kier alpha value is -1.61. The van der Waals surface area contributed by atoms with Gasteiger partial charge in [-0.05, 0) is 6.07 Å². The molecule has 2 heterocycles. The van der Waals surface area contributed by atoms with Gasteiger partial charge in [0, 0.05) is 19.3 Å². The van der Waals surface area contributed by atoms with Crippen molar-refractivity contribution in [3.63, 3.8) is 0 Å². The van der Waals surface area contributed by atoms with Gasteiger partial charge < -0.3 is 4.90 Å². The molecule has 1 aromatic rings. The quantitative estimate of drug-likeness (QED) is 0.697. The molecule has 0 unspecified atom stereocenters. The van der Waals surface area contributed by atoms with Gasteiger partial charge in [-0.15, -0.1) is 0 Å². The average molecular weight is 237 g/mol. The zero-order valence-corrected chi connectivity index (χ0v) is 9.44. The molecule has 1 aromatic heterocycles. The molecule has 2 rings (SSSR count). The summed E-state index contributed by atoms with van der Waals surface area (Å²) in [5.74, 6) is 0.291. The van der Waals surface area contributed by atoms with Gasteiger partial charge in [0.15, 0.2) is 9.84 Å². The molecule has 1 saturated heterocycles. The number of sulfone groups is 1. The van der Waals surface area contributed by atoms with Gasteiger partial charge in [0.25, 0.3) is 0 Å². The molecule has 0 amide bonds. The van der Waals surface area contributed by atoms with Crippen molar-refractivity contribution in [2.24, 2.45) is 0 Å². The van der Waals surface area contributed by atoms with E-state index in [0.29, 0.717) is 18.7 Å². The highest BCUT2D eigenvalue weighted by atomic mass is 32.2. The number of pyridine rings is 1. The highest BCUT2D eigenvalue weighted by Crippen LogP contribution is 2.20. The van der Waals surface area contributed by atoms with Crippen molar-refractivity contribution >= 4 is 15.5 Å². The van der Waals surface area contributed by atoms with Crippen molar-refractivity contribution in [3.8, 4) is 6.07 Å². The molecule has 0 spiro atoms. The van der Waals surface area contributed by atoms with E-state index in [1.807, 2.05) is 4.90 Å². The number of rotatable bonds is 1. The van der Waals surface area contributed by atoms with Crippen molar-refractivity contribution in [3.05, 3.63) is 24.0 Å². The predicted octanol–water partition coefficient (Wildman–Crippen LogP) is 0.188. The second kappa shape index (κ2) is 4.10. The number of anilines is 1. The van der Waals surface area contributed by atoms with Crippen LogP contribution >= 0.6 is 0 Å². The first-order valence-electron chi connectivity index (χ1n) is 4.92. The highest BCUT2D eigenvalue weighted by molar-refractivity contribution is 7.91. The summed E-state index contributed by atoms with van der Waals surface area (Å²) >= 11 is 0. The SMILES string of the molecule is N#Cc1ccncc1N1CCS(=O)(=O)CC1. The Kier molecular flexibility index (Phi) is 2.79. The van der Waals surface area contributed by atoms with E-state index in [9.17, 15) is 8.42 Å². The lowest BCUT2D eigenvalue weighted by Crippen LogP contribution is -2.40. The predicted molar refractivity (Wildman–Crippen MR) is 59.8 cm³/mol. The minimum Gasteiger partial charge on any atom is -0.367 e. The fourth-order valence-corrected chi connectivity index (χ4v) is 2.89. The van der Waals surface area contributed by atoms with E-state index in [0.717, 1.165) is 5.69 Å². The van der Waals surface area contributed by atoms with Crippen molar-refractivity contribution in [2.45, 2.75) is 0 Å². The molecule has 6 heteroatoms. The summed E-state index contributed by atoms with van der Waals surface area (Å²) in [7, 11) is -2.89. The molecule has 0 saturated carbocycles. The minimum atomic E-state index is -2.89. The first-order valence-corrected chi connectivity index (χ1v) is 6.74. The van der Waals surface area contributed by atoms with Crippen LogP contribution in [0.2, 0.25) is 0 Å². The van der Waals surface area contributed by atoms with Crippen molar-refractivity contribution in [1.82, 2.24) is 4.98 Å². The summed E-state index contributed by atoms with van der Waals surface area (Å²) < 4.78 is 22.5. The van der Waals surface area contributed by atoms with E-state index in [2.05, 4.69) is 11.1 Å². The van der Waals surface area contributed by atoms with E-state index in [1.54, 1.807) is 18.5 Å². The van der Waals surface area contributed by atoms with Crippen molar-refractivity contribution in [1.29, 1.82) is 5.26 Å². The first kappa shape index (κ1) is 10.9. The smallest absolute Gasteiger partial charge is 0.153 e. The van der Waals surface area contributed by atoms with Gasteiger partial charge in [0.05, 0.1) is 29.0 Å². The lowest BCUT2D eigenvalue weighted by Gasteiger charge is -2.28. The standard InChI is InChI=1S/C10H11N3O2S/c11-7-9-1-2-12-8-10(9)13-3-5-16(14,15)6-4-13/h1-2,8H,3-6H2. The summed E-state index contributed by atoms with van der Waals surface area (Å²) in [4.78, 5) is 5.86. The molecular formula is C10H11N3O2S. The van der Waals surface area contributed by atoms with Crippen LogP contribution in [0.4, 0.5) is 5.69 Å². The van der Waals surface area contributed by atoms with E-state index < -0.39 is 9.84 Å². The summed E-state index contributed by atoms with van der Waals surface area (Å²) in [6, 6.07) is 3.72. The van der Waals surface area contributed by atoms with Crippen molar-refractivity contribution in [2.75, 3.05) is 29.5 Å². The van der Waals surface area contributed by atoms with Gasteiger partial charge >= 0.3 is 0 Å². The molecule has 5 nitrogen and oxygen atoms in total. The number of aromatic nitrogens is 1. The number of hydrogen-bond acceptors (Lipinski definition) is 5. The number of nitrogens with zero attached hydrogens (tertiary/aromatic N) is 3. The molecule has 0 radical (unpaired) electrons. The largest absolute Gasteiger partial charge is 0.367 e. The van der Waals surface area contributed by atoms with E-state index in [4.69, 9.17) is 5.26 Å². The molecular weight excluding hydrogens is 226 g/mol. The number of nitriles is 1. The van der Waals surface area contributed by atoms with Crippen LogP contribution in [0.5, 0.6) is 0 Å². The summed E-state index contributed by atoms with van der Waals surface area (Å²) in [6.45, 7) is 0.866. The maximum atomic E-state index is 11.3. The van der Waals surface area contributed by atoms with Crippen LogP contribution in [-0.2, 0) is 9.84 Å². The summed E-state index contributed by atoms with van der Waals surface area (Å²) in [5.41, 5.74) is 1.26. The first-order chi connectivity index (χ1) is 7.62. The third kappa shape index (κ3) is 2.14. The second-order valence-electron chi connectivity index (χ2n) is 3.64. The third-order valence-corrected chi connectivity index (χ3v) is 4.21. The Labute approximate surface area is 94.2 Å². The summed E-state index contributed by atoms with van der Waals surface area (Å²) in [5, 5.41) is 8.93. The number of hydrogen-bond donors (Lipinski definition) is 0. The fourth-order valence-electron chi connectivity index (χ4n) is 1.69. The normalized spacial score (nSPS) is 19.1. The van der Waals surface area contributed by atoms with Gasteiger partial charge in [-0.3, -0.25) is 4.98 Å². The highest BCUT2D eigenvalue weighted by Gasteiger charge is 2.23. The molecule has 16 heavy (non-hydrogen) atoms. The van der Waals surface area contributed by atoms with Gasteiger partial charge in [0.1, 0.15) is 6.07 Å². The van der Waals surface area contributed by atoms with E-state index in [1.165, 1.54) is 0 Å². The summed E-state index contributed by atoms with van der Waals surface area (Å²) in [6.07, 6.45) is 3.17. The Balaban J connectivity index is 2.24. The Morgan fingerprint density at radius 1 is 1.38 bits per heavy atom. The molecule has 1 fully saturated rings. The van der Waals surface area contributed by atoms with Gasteiger partial charge in [-0.2, -0.15) is 5.26 Å². The topological polar surface area (TPSA) is 74.1 Å². The zero-order valence-electron chi connectivity index (χ0n) is 8.63. The fraction of sp³-hybridized carbons (Fsp3) is 0.400. The van der Waals surface area contributed by atoms with Gasteiger partial charge in [0.2, 0.25) is 0 Å². The van der Waals surface area contributed by atoms with Crippen LogP contribution in [0.1, 0.15) is 5.56 Å². The van der Waals surface area contributed by atoms with E-state index >= 15 is 0 Å². The third-order valence-electron chi connectivity index (χ3n) is 2.61. The maximum Gasteiger partial charge on any atom is 0.153 e. The van der Waals surface area contributed by atoms with E-state index in [-0.39, 0.29) is 11.5 Å². The molecule has 0 aliphatic carbocycles. The Morgan fingerprint density at radius 2 is 2.06 bits per heavy atom. The molecule has 0 atom stereocenters. The molecule has 1 aliphatic rings. The molecule has 0 N–H and O–H groups in total. The lowest BCUT2D eigenvalue weighted by atomic mass is 10.2. The minimum absolute atomic E-state index is 0.146. The monoisotopic (exact) mass is 237 g/mol. The molecule has 0 aromatic carbocycles. The lowest BCUT2D eigenvalue weighted by molar-refractivity contribution is 0.586. The van der Waals surface area contributed by atoms with Crippen molar-refractivity contribution < 1.29 is 8.42 Å². The second-order valence-corrected chi connectivity index (χ2v) is 5.95. The average Bonchev–Trinajstić information content (AvgIpc) is 2.29. The van der Waals surface area contributed by atoms with Crippen LogP contribution in [0.15, 0.2) is 18.5 Å². The van der Waals surface area contributed by atoms with Crippen LogP contribution in [0, 0.1) is 11.3 Å². The molecule has 1 aliphatic heterocycles. The van der Waals surface area contributed by atoms with Crippen LogP contribution in [0.3, 0.4) is 0 Å². The van der Waals surface area contributed by atoms with Crippen LogP contribution in [0.25, 0.3) is 0 Å². The zero-order chi connectivity index (χ0) is 11.6. The maximum absolute atomic E-state index is 11.3.